The molecular weight excluding hydrogens is 463 g/mol. The van der Waals surface area contributed by atoms with E-state index in [4.69, 9.17) is 27.9 Å². The van der Waals surface area contributed by atoms with E-state index in [0.29, 0.717) is 74.1 Å². The summed E-state index contributed by atoms with van der Waals surface area (Å²) >= 11 is 12.3. The SMILES string of the molecule is CCOC(=O)C1CCN(C(=O)C2CCN(S(=O)(=O)Cc3c(Cl)cccc3Cl)CC2)CC1. The summed E-state index contributed by atoms with van der Waals surface area (Å²) in [5, 5.41) is 0.653. The summed E-state index contributed by atoms with van der Waals surface area (Å²) in [6.45, 7) is 3.80. The van der Waals surface area contributed by atoms with E-state index in [1.54, 1.807) is 30.0 Å². The van der Waals surface area contributed by atoms with Gasteiger partial charge in [-0.25, -0.2) is 12.7 Å². The van der Waals surface area contributed by atoms with E-state index in [0.717, 1.165) is 0 Å². The average molecular weight is 491 g/mol. The number of carbonyl (C=O) groups is 2. The molecule has 2 saturated heterocycles. The number of ether oxygens (including phenoxy) is 1. The first-order chi connectivity index (χ1) is 14.7. The number of piperidine rings is 2. The molecule has 172 valence electrons. The zero-order chi connectivity index (χ0) is 22.6. The van der Waals surface area contributed by atoms with Gasteiger partial charge in [0.25, 0.3) is 0 Å². The highest BCUT2D eigenvalue weighted by Crippen LogP contribution is 2.30. The van der Waals surface area contributed by atoms with Crippen molar-refractivity contribution in [2.24, 2.45) is 11.8 Å². The van der Waals surface area contributed by atoms with Crippen LogP contribution in [0.15, 0.2) is 18.2 Å². The fraction of sp³-hybridized carbons (Fsp3) is 0.619. The van der Waals surface area contributed by atoms with Gasteiger partial charge in [-0.05, 0) is 44.7 Å². The minimum atomic E-state index is -3.59. The van der Waals surface area contributed by atoms with Crippen LogP contribution in [0.25, 0.3) is 0 Å². The number of likely N-dealkylation sites (tertiary alicyclic amines) is 1. The molecule has 0 aromatic heterocycles. The van der Waals surface area contributed by atoms with Crippen LogP contribution < -0.4 is 0 Å². The van der Waals surface area contributed by atoms with Crippen LogP contribution in [0, 0.1) is 11.8 Å². The number of rotatable bonds is 6. The number of benzene rings is 1. The first-order valence-corrected chi connectivity index (χ1v) is 13.0. The molecule has 0 bridgehead atoms. The summed E-state index contributed by atoms with van der Waals surface area (Å²) in [5.41, 5.74) is 0.397. The Kier molecular flexibility index (Phi) is 8.24. The Morgan fingerprint density at radius 2 is 1.55 bits per heavy atom. The fourth-order valence-electron chi connectivity index (χ4n) is 4.18. The minimum absolute atomic E-state index is 0.0495. The second-order valence-corrected chi connectivity index (χ2v) is 10.8. The van der Waals surface area contributed by atoms with E-state index in [2.05, 4.69) is 0 Å². The smallest absolute Gasteiger partial charge is 0.309 e. The Bertz CT molecular complexity index is 888. The molecule has 2 heterocycles. The van der Waals surface area contributed by atoms with Crippen LogP contribution in [-0.2, 0) is 30.1 Å². The third kappa shape index (κ3) is 5.92. The Morgan fingerprint density at radius 1 is 1.00 bits per heavy atom. The molecule has 0 unspecified atom stereocenters. The summed E-state index contributed by atoms with van der Waals surface area (Å²) in [6, 6.07) is 4.91. The monoisotopic (exact) mass is 490 g/mol. The Labute approximate surface area is 193 Å². The van der Waals surface area contributed by atoms with Crippen molar-refractivity contribution in [2.75, 3.05) is 32.8 Å². The summed E-state index contributed by atoms with van der Waals surface area (Å²) in [7, 11) is -3.59. The van der Waals surface area contributed by atoms with E-state index in [9.17, 15) is 18.0 Å². The van der Waals surface area contributed by atoms with Gasteiger partial charge in [-0.3, -0.25) is 9.59 Å². The third-order valence-electron chi connectivity index (χ3n) is 6.01. The molecule has 0 atom stereocenters. The molecule has 3 rings (SSSR count). The normalized spacial score (nSPS) is 19.4. The van der Waals surface area contributed by atoms with Crippen molar-refractivity contribution in [3.05, 3.63) is 33.8 Å². The zero-order valence-corrected chi connectivity index (χ0v) is 19.9. The first-order valence-electron chi connectivity index (χ1n) is 10.6. The van der Waals surface area contributed by atoms with Crippen molar-refractivity contribution in [2.45, 2.75) is 38.4 Å². The predicted octanol–water partition coefficient (Wildman–Crippen LogP) is 3.34. The summed E-state index contributed by atoms with van der Waals surface area (Å²) in [5.74, 6) is -0.742. The van der Waals surface area contributed by atoms with Crippen LogP contribution in [0.2, 0.25) is 10.0 Å². The molecular formula is C21H28Cl2N2O5S. The number of halogens is 2. The lowest BCUT2D eigenvalue weighted by molar-refractivity contribution is -0.152. The third-order valence-corrected chi connectivity index (χ3v) is 8.53. The number of carbonyl (C=O) groups excluding carboxylic acids is 2. The number of hydrogen-bond acceptors (Lipinski definition) is 5. The van der Waals surface area contributed by atoms with Gasteiger partial charge in [0.05, 0.1) is 18.3 Å². The largest absolute Gasteiger partial charge is 0.466 e. The van der Waals surface area contributed by atoms with E-state index in [-0.39, 0.29) is 29.5 Å². The molecule has 1 aromatic carbocycles. The standard InChI is InChI=1S/C21H28Cl2N2O5S/c1-2-30-21(27)16-6-10-24(11-7-16)20(26)15-8-12-25(13-9-15)31(28,29)14-17-18(22)4-3-5-19(17)23/h3-5,15-16H,2,6-14H2,1H3. The van der Waals surface area contributed by atoms with Crippen LogP contribution in [0.4, 0.5) is 0 Å². The molecule has 1 amide bonds. The maximum atomic E-state index is 12.9. The predicted molar refractivity (Wildman–Crippen MR) is 119 cm³/mol. The number of hydrogen-bond donors (Lipinski definition) is 0. The highest BCUT2D eigenvalue weighted by molar-refractivity contribution is 7.88. The molecule has 1 aromatic rings. The van der Waals surface area contributed by atoms with Crippen molar-refractivity contribution in [1.82, 2.24) is 9.21 Å². The van der Waals surface area contributed by atoms with Gasteiger partial charge >= 0.3 is 5.97 Å². The van der Waals surface area contributed by atoms with Crippen LogP contribution in [0.1, 0.15) is 38.2 Å². The second kappa shape index (κ2) is 10.5. The number of sulfonamides is 1. The van der Waals surface area contributed by atoms with Crippen molar-refractivity contribution in [1.29, 1.82) is 0 Å². The van der Waals surface area contributed by atoms with Crippen LogP contribution in [-0.4, -0.2) is 62.3 Å². The van der Waals surface area contributed by atoms with E-state index in [1.165, 1.54) is 4.31 Å². The van der Waals surface area contributed by atoms with Crippen LogP contribution in [0.3, 0.4) is 0 Å². The highest BCUT2D eigenvalue weighted by atomic mass is 35.5. The van der Waals surface area contributed by atoms with Crippen LogP contribution in [0.5, 0.6) is 0 Å². The molecule has 0 N–H and O–H groups in total. The van der Waals surface area contributed by atoms with Gasteiger partial charge in [0, 0.05) is 47.7 Å². The molecule has 2 aliphatic heterocycles. The van der Waals surface area contributed by atoms with E-state index >= 15 is 0 Å². The van der Waals surface area contributed by atoms with Gasteiger partial charge in [-0.2, -0.15) is 0 Å². The maximum absolute atomic E-state index is 12.9. The topological polar surface area (TPSA) is 84.0 Å². The fourth-order valence-corrected chi connectivity index (χ4v) is 6.49. The second-order valence-electron chi connectivity index (χ2n) is 7.98. The number of amides is 1. The molecule has 0 aliphatic carbocycles. The minimum Gasteiger partial charge on any atom is -0.466 e. The first kappa shape index (κ1) is 24.3. The van der Waals surface area contributed by atoms with E-state index < -0.39 is 10.0 Å². The number of nitrogens with zero attached hydrogens (tertiary/aromatic N) is 2. The Balaban J connectivity index is 1.52. The molecule has 0 radical (unpaired) electrons. The molecule has 31 heavy (non-hydrogen) atoms. The van der Waals surface area contributed by atoms with Gasteiger partial charge in [-0.15, -0.1) is 0 Å². The van der Waals surface area contributed by atoms with Gasteiger partial charge < -0.3 is 9.64 Å². The van der Waals surface area contributed by atoms with Gasteiger partial charge in [0.2, 0.25) is 15.9 Å². The molecule has 7 nitrogen and oxygen atoms in total. The lowest BCUT2D eigenvalue weighted by Crippen LogP contribution is -2.47. The van der Waals surface area contributed by atoms with Gasteiger partial charge in [0.1, 0.15) is 0 Å². The number of esters is 1. The summed E-state index contributed by atoms with van der Waals surface area (Å²) in [6.07, 6.45) is 2.17. The summed E-state index contributed by atoms with van der Waals surface area (Å²) < 4.78 is 32.2. The highest BCUT2D eigenvalue weighted by Gasteiger charge is 2.35. The summed E-state index contributed by atoms with van der Waals surface area (Å²) in [4.78, 5) is 26.6. The van der Waals surface area contributed by atoms with Crippen molar-refractivity contribution < 1.29 is 22.7 Å². The molecule has 10 heteroatoms. The van der Waals surface area contributed by atoms with Gasteiger partial charge in [0.15, 0.2) is 0 Å². The molecule has 2 fully saturated rings. The molecule has 0 saturated carbocycles. The zero-order valence-electron chi connectivity index (χ0n) is 17.6. The van der Waals surface area contributed by atoms with Crippen molar-refractivity contribution in [3.8, 4) is 0 Å². The maximum Gasteiger partial charge on any atom is 0.309 e. The lowest BCUT2D eigenvalue weighted by Gasteiger charge is -2.36. The van der Waals surface area contributed by atoms with E-state index in [1.807, 2.05) is 0 Å². The Morgan fingerprint density at radius 3 is 2.10 bits per heavy atom. The average Bonchev–Trinajstić information content (AvgIpc) is 2.76. The lowest BCUT2D eigenvalue weighted by atomic mass is 9.92. The quantitative estimate of drug-likeness (QED) is 0.570. The van der Waals surface area contributed by atoms with Crippen molar-refractivity contribution >= 4 is 45.1 Å². The van der Waals surface area contributed by atoms with Crippen LogP contribution >= 0.6 is 23.2 Å². The van der Waals surface area contributed by atoms with Crippen molar-refractivity contribution in [3.63, 3.8) is 0 Å². The molecule has 0 spiro atoms. The van der Waals surface area contributed by atoms with Gasteiger partial charge in [-0.1, -0.05) is 29.3 Å². The molecule has 2 aliphatic rings. The Hall–Kier alpha value is -1.35.